The van der Waals surface area contributed by atoms with Crippen molar-refractivity contribution in [3.05, 3.63) is 48.8 Å². The van der Waals surface area contributed by atoms with Gasteiger partial charge in [-0.3, -0.25) is 13.8 Å². The van der Waals surface area contributed by atoms with E-state index in [0.29, 0.717) is 17.4 Å². The molecule has 326 valence electrons. The molecule has 0 aromatic heterocycles. The number of phosphoric ester groups is 1. The molecule has 0 radical (unpaired) electrons. The van der Waals surface area contributed by atoms with Gasteiger partial charge < -0.3 is 23.6 Å². The van der Waals surface area contributed by atoms with Crippen LogP contribution in [0.25, 0.3) is 0 Å². The quantitative estimate of drug-likeness (QED) is 0.0124. The van der Waals surface area contributed by atoms with Crippen LogP contribution in [0.15, 0.2) is 48.8 Å². The van der Waals surface area contributed by atoms with Crippen LogP contribution in [0, 0.1) is 0 Å². The van der Waals surface area contributed by atoms with Crippen molar-refractivity contribution in [3.63, 3.8) is 0 Å². The fourth-order valence-electron chi connectivity index (χ4n) is 6.25. The number of unbranched alkanes of at least 4 members (excludes halogenated alkanes) is 17. The van der Waals surface area contributed by atoms with Crippen LogP contribution in [0.4, 0.5) is 0 Å². The Morgan fingerprint density at radius 3 is 1.84 bits per heavy atom. The van der Waals surface area contributed by atoms with Gasteiger partial charge in [0.1, 0.15) is 19.8 Å². The average molecular weight is 811 g/mol. The molecule has 0 spiro atoms. The summed E-state index contributed by atoms with van der Waals surface area (Å²) in [6.45, 7) is 4.82. The van der Waals surface area contributed by atoms with E-state index >= 15 is 0 Å². The van der Waals surface area contributed by atoms with Crippen molar-refractivity contribution in [2.24, 2.45) is 0 Å². The smallest absolute Gasteiger partial charge is 0.472 e. The summed E-state index contributed by atoms with van der Waals surface area (Å²) in [4.78, 5) is 23.0. The van der Waals surface area contributed by atoms with E-state index in [1.165, 1.54) is 109 Å². The van der Waals surface area contributed by atoms with E-state index in [1.54, 1.807) is 6.26 Å². The molecular formula is C46H85NO8P+. The van der Waals surface area contributed by atoms with Crippen molar-refractivity contribution in [2.75, 3.05) is 47.5 Å². The first-order valence-corrected chi connectivity index (χ1v) is 24.0. The van der Waals surface area contributed by atoms with E-state index < -0.39 is 19.9 Å². The molecule has 1 saturated heterocycles. The lowest BCUT2D eigenvalue weighted by Crippen LogP contribution is -2.37. The number of epoxide rings is 1. The SMILES string of the molecule is CCCCC/C=C\C/C=C\C/C=C\CC1OC1CCCC(=O)OC(CO/C=C\CCCCCCCCCCCCCCCC)COP(=O)(O)OCC[N+](C)(C)C. The maximum absolute atomic E-state index is 12.8. The number of likely N-dealkylation sites (N-methyl/N-ethyl adjacent to an activating group) is 1. The maximum Gasteiger partial charge on any atom is 0.472 e. The fraction of sp³-hybridized carbons (Fsp3) is 0.804. The Kier molecular flexibility index (Phi) is 32.9. The Morgan fingerprint density at radius 1 is 0.679 bits per heavy atom. The van der Waals surface area contributed by atoms with Crippen molar-refractivity contribution in [1.29, 1.82) is 0 Å². The zero-order valence-electron chi connectivity index (χ0n) is 36.6. The van der Waals surface area contributed by atoms with Gasteiger partial charge in [0, 0.05) is 6.42 Å². The minimum atomic E-state index is -4.32. The average Bonchev–Trinajstić information content (AvgIpc) is 3.90. The van der Waals surface area contributed by atoms with Crippen LogP contribution in [0.1, 0.15) is 174 Å². The molecule has 1 fully saturated rings. The molecule has 0 bridgehead atoms. The van der Waals surface area contributed by atoms with Crippen LogP contribution in [0.3, 0.4) is 0 Å². The van der Waals surface area contributed by atoms with Gasteiger partial charge >= 0.3 is 13.8 Å². The number of phosphoric acid groups is 1. The van der Waals surface area contributed by atoms with Crippen LogP contribution in [-0.4, -0.2) is 81.2 Å². The Balaban J connectivity index is 2.30. The molecule has 1 rings (SSSR count). The maximum atomic E-state index is 12.8. The fourth-order valence-corrected chi connectivity index (χ4v) is 6.99. The summed E-state index contributed by atoms with van der Waals surface area (Å²) in [6.07, 6.45) is 45.4. The molecule has 56 heavy (non-hydrogen) atoms. The van der Waals surface area contributed by atoms with Crippen molar-refractivity contribution in [2.45, 2.75) is 193 Å². The van der Waals surface area contributed by atoms with Gasteiger partial charge in [-0.1, -0.05) is 147 Å². The van der Waals surface area contributed by atoms with E-state index in [2.05, 4.69) is 50.3 Å². The molecule has 1 heterocycles. The lowest BCUT2D eigenvalue weighted by atomic mass is 10.0. The van der Waals surface area contributed by atoms with Gasteiger partial charge in [0.15, 0.2) is 6.10 Å². The summed E-state index contributed by atoms with van der Waals surface area (Å²) >= 11 is 0. The van der Waals surface area contributed by atoms with Gasteiger partial charge in [0.25, 0.3) is 0 Å². The number of allylic oxidation sites excluding steroid dienone is 6. The normalized spacial score (nSPS) is 17.8. The Morgan fingerprint density at radius 2 is 1.21 bits per heavy atom. The van der Waals surface area contributed by atoms with E-state index in [1.807, 2.05) is 27.2 Å². The van der Waals surface area contributed by atoms with Crippen LogP contribution < -0.4 is 0 Å². The van der Waals surface area contributed by atoms with Gasteiger partial charge in [-0.05, 0) is 63.9 Å². The number of carbonyl (C=O) groups excluding carboxylic acids is 1. The molecule has 0 saturated carbocycles. The van der Waals surface area contributed by atoms with Crippen molar-refractivity contribution < 1.29 is 42.0 Å². The predicted octanol–water partition coefficient (Wildman–Crippen LogP) is 12.5. The highest BCUT2D eigenvalue weighted by molar-refractivity contribution is 7.47. The third kappa shape index (κ3) is 35.4. The number of carbonyl (C=O) groups is 1. The number of rotatable bonds is 40. The number of hydrogen-bond acceptors (Lipinski definition) is 7. The third-order valence-electron chi connectivity index (χ3n) is 9.88. The second-order valence-electron chi connectivity index (χ2n) is 16.5. The number of hydrogen-bond donors (Lipinski definition) is 1. The summed E-state index contributed by atoms with van der Waals surface area (Å²) in [6, 6.07) is 0. The minimum Gasteiger partial charge on any atom is -0.498 e. The molecule has 1 aliphatic heterocycles. The van der Waals surface area contributed by atoms with E-state index in [0.717, 1.165) is 38.5 Å². The van der Waals surface area contributed by atoms with Gasteiger partial charge in [0.05, 0.1) is 46.2 Å². The highest BCUT2D eigenvalue weighted by Gasteiger charge is 2.36. The predicted molar refractivity (Wildman–Crippen MR) is 232 cm³/mol. The lowest BCUT2D eigenvalue weighted by molar-refractivity contribution is -0.870. The molecule has 1 aliphatic rings. The Hall–Kier alpha value is -1.74. The number of ether oxygens (including phenoxy) is 3. The summed E-state index contributed by atoms with van der Waals surface area (Å²) in [5.41, 5.74) is 0. The molecule has 0 amide bonds. The third-order valence-corrected chi connectivity index (χ3v) is 10.9. The van der Waals surface area contributed by atoms with Gasteiger partial charge in [0.2, 0.25) is 0 Å². The standard InChI is InChI=1S/C46H84NO8P/c1-6-8-10-12-14-16-18-20-21-22-23-25-27-29-31-33-39-51-41-43(42-53-56(49,50)52-40-38-47(3,4)5)54-46(48)37-34-36-45-44(55-45)35-32-30-28-26-24-19-17-15-13-11-9-7-2/h15,17,24,26,30,32-33,39,43-45H,6-14,16,18-23,25,27-29,31,34-38,40-42H2,1-5H3/p+1/b17-15-,26-24-,32-30-,39-33-. The highest BCUT2D eigenvalue weighted by Crippen LogP contribution is 2.43. The Bertz CT molecular complexity index is 1100. The zero-order chi connectivity index (χ0) is 41.0. The Labute approximate surface area is 343 Å². The van der Waals surface area contributed by atoms with E-state index in [4.69, 9.17) is 23.3 Å². The number of quaternary nitrogens is 1. The highest BCUT2D eigenvalue weighted by atomic mass is 31.2. The second kappa shape index (κ2) is 35.2. The van der Waals surface area contributed by atoms with Crippen molar-refractivity contribution in [1.82, 2.24) is 0 Å². The first-order chi connectivity index (χ1) is 27.1. The second-order valence-corrected chi connectivity index (χ2v) is 18.0. The first kappa shape index (κ1) is 52.3. The van der Waals surface area contributed by atoms with Crippen molar-refractivity contribution in [3.8, 4) is 0 Å². The number of esters is 1. The summed E-state index contributed by atoms with van der Waals surface area (Å²) in [5, 5.41) is 0. The summed E-state index contributed by atoms with van der Waals surface area (Å²) in [7, 11) is 1.59. The summed E-state index contributed by atoms with van der Waals surface area (Å²) < 4.78 is 40.6. The molecule has 10 heteroatoms. The van der Waals surface area contributed by atoms with Crippen LogP contribution in [-0.2, 0) is 32.6 Å². The van der Waals surface area contributed by atoms with Crippen LogP contribution in [0.2, 0.25) is 0 Å². The zero-order valence-corrected chi connectivity index (χ0v) is 37.5. The molecule has 0 aromatic rings. The van der Waals surface area contributed by atoms with Gasteiger partial charge in [-0.15, -0.1) is 0 Å². The monoisotopic (exact) mass is 811 g/mol. The molecule has 4 atom stereocenters. The molecule has 4 unspecified atom stereocenters. The van der Waals surface area contributed by atoms with Gasteiger partial charge in [-0.2, -0.15) is 0 Å². The minimum absolute atomic E-state index is 0.0188. The number of nitrogens with zero attached hydrogens (tertiary/aromatic N) is 1. The topological polar surface area (TPSA) is 104 Å². The van der Waals surface area contributed by atoms with E-state index in [9.17, 15) is 14.3 Å². The molecular weight excluding hydrogens is 725 g/mol. The van der Waals surface area contributed by atoms with Crippen molar-refractivity contribution >= 4 is 13.8 Å². The molecule has 0 aliphatic carbocycles. The van der Waals surface area contributed by atoms with E-state index in [-0.39, 0.29) is 38.4 Å². The largest absolute Gasteiger partial charge is 0.498 e. The molecule has 1 N–H and O–H groups in total. The van der Waals surface area contributed by atoms with Crippen LogP contribution in [0.5, 0.6) is 0 Å². The molecule has 0 aromatic carbocycles. The summed E-state index contributed by atoms with van der Waals surface area (Å²) in [5.74, 6) is -0.396. The molecule has 9 nitrogen and oxygen atoms in total. The first-order valence-electron chi connectivity index (χ1n) is 22.5. The van der Waals surface area contributed by atoms with Gasteiger partial charge in [-0.25, -0.2) is 4.57 Å². The van der Waals surface area contributed by atoms with Crippen LogP contribution >= 0.6 is 7.82 Å². The lowest BCUT2D eigenvalue weighted by Gasteiger charge is -2.24.